The minimum absolute atomic E-state index is 0.000119. The van der Waals surface area contributed by atoms with E-state index in [1.54, 1.807) is 18.2 Å². The van der Waals surface area contributed by atoms with Gasteiger partial charge in [0.25, 0.3) is 5.91 Å². The molecule has 32 heavy (non-hydrogen) atoms. The minimum atomic E-state index is -0.453. The largest absolute Gasteiger partial charge is 0.495 e. The highest BCUT2D eigenvalue weighted by Crippen LogP contribution is 2.30. The molecule has 1 aromatic carbocycles. The topological polar surface area (TPSA) is 148 Å². The second-order valence-corrected chi connectivity index (χ2v) is 7.53. The zero-order valence-corrected chi connectivity index (χ0v) is 18.5. The van der Waals surface area contributed by atoms with Crippen LogP contribution >= 0.6 is 0 Å². The summed E-state index contributed by atoms with van der Waals surface area (Å²) in [5, 5.41) is 14.2. The van der Waals surface area contributed by atoms with Crippen molar-refractivity contribution in [3.05, 3.63) is 63.8 Å². The van der Waals surface area contributed by atoms with E-state index in [1.165, 1.54) is 38.4 Å². The Bertz CT molecular complexity index is 1050. The number of hydrogen-bond donors (Lipinski definition) is 3. The average molecular weight is 438 g/mol. The lowest BCUT2D eigenvalue weighted by atomic mass is 9.99. The molecule has 0 aliphatic rings. The van der Waals surface area contributed by atoms with E-state index in [4.69, 9.17) is 15.9 Å². The van der Waals surface area contributed by atoms with Crippen LogP contribution in [-0.2, 0) is 0 Å². The summed E-state index contributed by atoms with van der Waals surface area (Å²) >= 11 is 0. The monoisotopic (exact) mass is 437 g/mol. The molecule has 168 valence electrons. The van der Waals surface area contributed by atoms with Gasteiger partial charge in [0, 0.05) is 18.8 Å². The Labute approximate surface area is 186 Å². The number of aromatic nitrogens is 1. The summed E-state index contributed by atoms with van der Waals surface area (Å²) in [4.78, 5) is 39.0. The normalized spacial score (nSPS) is 11.9. The molecule has 0 radical (unpaired) electrons. The number of ether oxygens (including phenoxy) is 1. The van der Waals surface area contributed by atoms with Crippen LogP contribution < -0.4 is 15.8 Å². The fourth-order valence-electron chi connectivity index (χ4n) is 2.99. The summed E-state index contributed by atoms with van der Waals surface area (Å²) < 4.78 is 5.45. The lowest BCUT2D eigenvalue weighted by molar-refractivity contribution is 0.0924. The number of rotatable bonds is 10. The van der Waals surface area contributed by atoms with Gasteiger partial charge < -0.3 is 21.2 Å². The highest BCUT2D eigenvalue weighted by atomic mass is 16.5. The molecule has 0 fully saturated rings. The minimum Gasteiger partial charge on any atom is -0.495 e. The summed E-state index contributed by atoms with van der Waals surface area (Å²) in [6.45, 7) is 5.13. The number of nitrogens with zero attached hydrogens (tertiary/aromatic N) is 2. The Morgan fingerprint density at radius 3 is 2.53 bits per heavy atom. The van der Waals surface area contributed by atoms with Gasteiger partial charge in [-0.05, 0) is 35.8 Å². The number of ketones is 1. The van der Waals surface area contributed by atoms with E-state index >= 15 is 0 Å². The van der Waals surface area contributed by atoms with Crippen LogP contribution in [-0.4, -0.2) is 42.1 Å². The number of anilines is 1. The number of nitrogens with one attached hydrogen (secondary N) is 2. The van der Waals surface area contributed by atoms with Crippen molar-refractivity contribution in [2.24, 2.45) is 11.1 Å². The summed E-state index contributed by atoms with van der Waals surface area (Å²) in [5.74, 6) is -0.431. The van der Waals surface area contributed by atoms with Crippen LogP contribution in [0.1, 0.15) is 52.7 Å². The Balaban J connectivity index is 2.35. The van der Waals surface area contributed by atoms with Crippen molar-refractivity contribution in [1.82, 2.24) is 10.3 Å². The smallest absolute Gasteiger partial charge is 0.255 e. The molecule has 1 amide bonds. The van der Waals surface area contributed by atoms with Crippen LogP contribution in [0.25, 0.3) is 6.08 Å². The summed E-state index contributed by atoms with van der Waals surface area (Å²) in [5.41, 5.74) is 7.89. The molecule has 2 aromatic rings. The van der Waals surface area contributed by atoms with Crippen LogP contribution in [0.5, 0.6) is 5.75 Å². The first-order valence-corrected chi connectivity index (χ1v) is 10.00. The molecule has 1 atom stereocenters. The molecular weight excluding hydrogens is 410 g/mol. The fraction of sp³-hybridized carbons (Fsp3) is 0.304. The molecule has 4 N–H and O–H groups in total. The fourth-order valence-corrected chi connectivity index (χ4v) is 2.99. The lowest BCUT2D eigenvalue weighted by Crippen LogP contribution is -2.40. The van der Waals surface area contributed by atoms with E-state index in [-0.39, 0.29) is 46.5 Å². The van der Waals surface area contributed by atoms with Crippen molar-refractivity contribution in [3.63, 3.8) is 0 Å². The van der Waals surface area contributed by atoms with Crippen LogP contribution in [0.2, 0.25) is 0 Å². The third-order valence-electron chi connectivity index (χ3n) is 4.89. The first-order chi connectivity index (χ1) is 15.2. The standard InChI is InChI=1S/C23H27N5O4/c1-13(2)20(12-27-31)28-23(30)16-7-9-18(25)21(22(16)32-4)17(24)8-5-15-6-10-19(14(3)29)26-11-15/h5-11,13,20,24H,12,25H2,1-4H3,(H,28,30)/b8-5+,24-17?. The van der Waals surface area contributed by atoms with E-state index in [0.717, 1.165) is 0 Å². The van der Waals surface area contributed by atoms with Crippen molar-refractivity contribution < 1.29 is 14.3 Å². The van der Waals surface area contributed by atoms with Crippen LogP contribution in [0.3, 0.4) is 0 Å². The van der Waals surface area contributed by atoms with Crippen LogP contribution in [0.15, 0.2) is 41.7 Å². The molecule has 0 saturated heterocycles. The highest BCUT2D eigenvalue weighted by Gasteiger charge is 2.23. The number of carbonyl (C=O) groups excluding carboxylic acids is 2. The van der Waals surface area contributed by atoms with Crippen molar-refractivity contribution in [2.75, 3.05) is 19.4 Å². The van der Waals surface area contributed by atoms with Gasteiger partial charge in [0.2, 0.25) is 0 Å². The second kappa shape index (κ2) is 10.9. The van der Waals surface area contributed by atoms with Gasteiger partial charge in [-0.2, -0.15) is 4.91 Å². The Hall–Kier alpha value is -3.88. The summed E-state index contributed by atoms with van der Waals surface area (Å²) in [6, 6.07) is 5.92. The number of methoxy groups -OCH3 is 1. The molecular formula is C23H27N5O4. The number of benzene rings is 1. The first kappa shape index (κ1) is 24.4. The number of carbonyl (C=O) groups is 2. The first-order valence-electron chi connectivity index (χ1n) is 10.00. The Kier molecular flexibility index (Phi) is 8.34. The number of allylic oxidation sites excluding steroid dienone is 1. The SMILES string of the molecule is COc1c(C(=O)NC(CN=O)C(C)C)ccc(N)c1C(=N)/C=C/c1ccc(C(C)=O)nc1. The van der Waals surface area contributed by atoms with Crippen molar-refractivity contribution in [1.29, 1.82) is 5.41 Å². The molecule has 1 unspecified atom stereocenters. The number of hydrogen-bond acceptors (Lipinski definition) is 8. The molecule has 0 saturated carbocycles. The predicted octanol–water partition coefficient (Wildman–Crippen LogP) is 3.48. The number of pyridine rings is 1. The maximum atomic E-state index is 12.9. The lowest BCUT2D eigenvalue weighted by Gasteiger charge is -2.21. The number of nitrogen functional groups attached to an aromatic ring is 1. The summed E-state index contributed by atoms with van der Waals surface area (Å²) in [6.07, 6.45) is 4.68. The van der Waals surface area contributed by atoms with E-state index in [1.807, 2.05) is 13.8 Å². The molecule has 0 bridgehead atoms. The Morgan fingerprint density at radius 1 is 1.28 bits per heavy atom. The van der Waals surface area contributed by atoms with Gasteiger partial charge in [-0.3, -0.25) is 14.6 Å². The zero-order valence-electron chi connectivity index (χ0n) is 18.5. The van der Waals surface area contributed by atoms with E-state index in [2.05, 4.69) is 15.5 Å². The van der Waals surface area contributed by atoms with Crippen molar-refractivity contribution in [2.45, 2.75) is 26.8 Å². The molecule has 1 heterocycles. The predicted molar refractivity (Wildman–Crippen MR) is 124 cm³/mol. The molecule has 2 rings (SSSR count). The molecule has 0 spiro atoms. The van der Waals surface area contributed by atoms with Crippen LogP contribution in [0.4, 0.5) is 5.69 Å². The highest BCUT2D eigenvalue weighted by molar-refractivity contribution is 6.15. The summed E-state index contributed by atoms with van der Waals surface area (Å²) in [7, 11) is 1.39. The van der Waals surface area contributed by atoms with Gasteiger partial charge in [0.1, 0.15) is 18.0 Å². The van der Waals surface area contributed by atoms with E-state index in [0.29, 0.717) is 11.3 Å². The molecule has 1 aromatic heterocycles. The van der Waals surface area contributed by atoms with Gasteiger partial charge in [-0.1, -0.05) is 31.2 Å². The molecule has 9 heteroatoms. The third-order valence-corrected chi connectivity index (χ3v) is 4.89. The van der Waals surface area contributed by atoms with E-state index < -0.39 is 11.9 Å². The van der Waals surface area contributed by atoms with E-state index in [9.17, 15) is 14.5 Å². The van der Waals surface area contributed by atoms with Gasteiger partial charge >= 0.3 is 0 Å². The average Bonchev–Trinajstić information content (AvgIpc) is 2.76. The Morgan fingerprint density at radius 2 is 2.00 bits per heavy atom. The number of nitrogens with two attached hydrogens (primary N) is 1. The number of amides is 1. The molecule has 0 aliphatic heterocycles. The quantitative estimate of drug-likeness (QED) is 0.224. The number of Topliss-reactive ketones (excluding diaryl/α,β-unsaturated/α-hetero) is 1. The van der Waals surface area contributed by atoms with Gasteiger partial charge in [0.05, 0.1) is 30.0 Å². The van der Waals surface area contributed by atoms with Crippen molar-refractivity contribution in [3.8, 4) is 5.75 Å². The third kappa shape index (κ3) is 5.84. The second-order valence-electron chi connectivity index (χ2n) is 7.53. The zero-order chi connectivity index (χ0) is 23.8. The van der Waals surface area contributed by atoms with Crippen LogP contribution in [0, 0.1) is 16.2 Å². The molecule has 0 aliphatic carbocycles. The van der Waals surface area contributed by atoms with Gasteiger partial charge in [-0.15, -0.1) is 0 Å². The maximum absolute atomic E-state index is 12.9. The van der Waals surface area contributed by atoms with Crippen molar-refractivity contribution >= 4 is 29.2 Å². The van der Waals surface area contributed by atoms with Gasteiger partial charge in [0.15, 0.2) is 5.78 Å². The maximum Gasteiger partial charge on any atom is 0.255 e. The van der Waals surface area contributed by atoms with Gasteiger partial charge in [-0.25, -0.2) is 0 Å². The molecule has 9 nitrogen and oxygen atoms in total. The number of nitroso groups, excluding NO2 is 1.